The van der Waals surface area contributed by atoms with Crippen molar-refractivity contribution in [2.45, 2.75) is 45.9 Å². The maximum Gasteiger partial charge on any atom is 0.323 e. The van der Waals surface area contributed by atoms with Crippen LogP contribution in [0, 0.1) is 17.7 Å². The van der Waals surface area contributed by atoms with E-state index in [1.807, 2.05) is 26.0 Å². The van der Waals surface area contributed by atoms with Crippen molar-refractivity contribution in [3.8, 4) is 22.8 Å². The fourth-order valence-electron chi connectivity index (χ4n) is 3.90. The number of ether oxygens (including phenoxy) is 3. The van der Waals surface area contributed by atoms with E-state index < -0.39 is 17.8 Å². The van der Waals surface area contributed by atoms with Gasteiger partial charge in [0.1, 0.15) is 18.4 Å². The van der Waals surface area contributed by atoms with E-state index in [9.17, 15) is 14.0 Å². The van der Waals surface area contributed by atoms with Crippen LogP contribution in [0.2, 0.25) is 0 Å². The molecule has 1 atom stereocenters. The fourth-order valence-corrected chi connectivity index (χ4v) is 3.90. The van der Waals surface area contributed by atoms with Crippen molar-refractivity contribution in [2.24, 2.45) is 17.6 Å². The second kappa shape index (κ2) is 12.7. The number of esters is 1. The zero-order valence-corrected chi connectivity index (χ0v) is 22.4. The summed E-state index contributed by atoms with van der Waals surface area (Å²) in [6, 6.07) is 12.7. The molecule has 1 amide bonds. The second-order valence-corrected chi connectivity index (χ2v) is 10.0. The number of methoxy groups -OCH3 is 1. The number of hydrogen-bond acceptors (Lipinski definition) is 7. The number of nitrogens with one attached hydrogen (secondary N) is 1. The topological polar surface area (TPSA) is 113 Å². The maximum absolute atomic E-state index is 14.1. The van der Waals surface area contributed by atoms with Crippen LogP contribution in [-0.4, -0.2) is 36.6 Å². The van der Waals surface area contributed by atoms with E-state index in [4.69, 9.17) is 19.9 Å². The Kier molecular flexibility index (Phi) is 9.14. The Morgan fingerprint density at radius 1 is 1.13 bits per heavy atom. The summed E-state index contributed by atoms with van der Waals surface area (Å²) >= 11 is 0. The Balaban J connectivity index is 1.56. The summed E-state index contributed by atoms with van der Waals surface area (Å²) in [7, 11) is 1.40. The summed E-state index contributed by atoms with van der Waals surface area (Å²) in [5, 5.41) is 2.85. The van der Waals surface area contributed by atoms with Gasteiger partial charge in [0.15, 0.2) is 11.6 Å². The van der Waals surface area contributed by atoms with Crippen LogP contribution in [0.5, 0.6) is 11.5 Å². The van der Waals surface area contributed by atoms with Crippen LogP contribution in [-0.2, 0) is 22.7 Å². The monoisotopic (exact) mass is 535 g/mol. The summed E-state index contributed by atoms with van der Waals surface area (Å²) in [5.41, 5.74) is 8.74. The lowest BCUT2D eigenvalue weighted by atomic mass is 10.0. The molecule has 0 bridgehead atoms. The molecule has 1 saturated carbocycles. The minimum atomic E-state index is -0.720. The van der Waals surface area contributed by atoms with E-state index >= 15 is 0 Å². The Hall–Kier alpha value is -3.98. The van der Waals surface area contributed by atoms with Gasteiger partial charge in [-0.05, 0) is 66.6 Å². The molecule has 1 aromatic heterocycles. The van der Waals surface area contributed by atoms with Crippen molar-refractivity contribution in [3.63, 3.8) is 0 Å². The van der Waals surface area contributed by atoms with Gasteiger partial charge in [0.2, 0.25) is 0 Å². The third kappa shape index (κ3) is 7.32. The Labute approximate surface area is 227 Å². The van der Waals surface area contributed by atoms with E-state index in [2.05, 4.69) is 10.3 Å². The molecule has 1 heterocycles. The first-order valence-corrected chi connectivity index (χ1v) is 13.0. The summed E-state index contributed by atoms with van der Waals surface area (Å²) in [4.78, 5) is 30.1. The molecular formula is C30H34FN3O5. The summed E-state index contributed by atoms with van der Waals surface area (Å²) < 4.78 is 30.5. The van der Waals surface area contributed by atoms with E-state index in [1.165, 1.54) is 19.2 Å². The zero-order chi connectivity index (χ0) is 27.9. The molecule has 1 unspecified atom stereocenters. The van der Waals surface area contributed by atoms with Crippen molar-refractivity contribution < 1.29 is 28.2 Å². The number of carbonyl (C=O) groups is 2. The molecule has 2 aromatic carbocycles. The van der Waals surface area contributed by atoms with Gasteiger partial charge >= 0.3 is 5.97 Å². The first-order valence-electron chi connectivity index (χ1n) is 13.0. The largest absolute Gasteiger partial charge is 0.494 e. The highest BCUT2D eigenvalue weighted by Gasteiger charge is 2.24. The normalized spacial score (nSPS) is 13.6. The smallest absolute Gasteiger partial charge is 0.323 e. The highest BCUT2D eigenvalue weighted by molar-refractivity contribution is 5.98. The van der Waals surface area contributed by atoms with Gasteiger partial charge in [0.25, 0.3) is 5.91 Å². The average molecular weight is 536 g/mol. The first-order chi connectivity index (χ1) is 18.8. The van der Waals surface area contributed by atoms with Gasteiger partial charge in [-0.3, -0.25) is 14.6 Å². The lowest BCUT2D eigenvalue weighted by molar-refractivity contribution is -0.147. The van der Waals surface area contributed by atoms with Crippen molar-refractivity contribution in [3.05, 3.63) is 77.2 Å². The lowest BCUT2D eigenvalue weighted by Crippen LogP contribution is -2.36. The number of nitrogens with zero attached hydrogens (tertiary/aromatic N) is 1. The van der Waals surface area contributed by atoms with Gasteiger partial charge in [-0.1, -0.05) is 26.0 Å². The van der Waals surface area contributed by atoms with Crippen LogP contribution in [0.15, 0.2) is 54.7 Å². The molecule has 0 aliphatic heterocycles. The van der Waals surface area contributed by atoms with Crippen molar-refractivity contribution in [1.82, 2.24) is 10.3 Å². The lowest BCUT2D eigenvalue weighted by Gasteiger charge is -2.16. The molecule has 0 saturated heterocycles. The first kappa shape index (κ1) is 28.0. The van der Waals surface area contributed by atoms with Crippen LogP contribution in [0.25, 0.3) is 11.3 Å². The van der Waals surface area contributed by atoms with Gasteiger partial charge < -0.3 is 25.3 Å². The van der Waals surface area contributed by atoms with Gasteiger partial charge in [0.05, 0.1) is 25.0 Å². The molecule has 4 rings (SSSR count). The Bertz CT molecular complexity index is 1330. The quantitative estimate of drug-likeness (QED) is 0.325. The molecule has 1 aliphatic rings. The fraction of sp³-hybridized carbons (Fsp3) is 0.367. The van der Waals surface area contributed by atoms with Crippen molar-refractivity contribution >= 4 is 11.9 Å². The number of carbonyl (C=O) groups excluding carboxylic acids is 2. The number of pyridine rings is 1. The molecule has 3 N–H and O–H groups in total. The predicted molar refractivity (Wildman–Crippen MR) is 145 cm³/mol. The minimum Gasteiger partial charge on any atom is -0.494 e. The number of benzene rings is 2. The number of rotatable bonds is 12. The molecular weight excluding hydrogens is 501 g/mol. The molecule has 8 nitrogen and oxygen atoms in total. The number of amides is 1. The number of aromatic nitrogens is 1. The molecule has 9 heteroatoms. The van der Waals surface area contributed by atoms with Gasteiger partial charge in [-0.2, -0.15) is 0 Å². The molecule has 3 aromatic rings. The molecule has 0 radical (unpaired) electrons. The number of halogens is 1. The van der Waals surface area contributed by atoms with E-state index in [1.54, 1.807) is 30.5 Å². The van der Waals surface area contributed by atoms with Gasteiger partial charge in [0, 0.05) is 23.9 Å². The van der Waals surface area contributed by atoms with Crippen LogP contribution in [0.4, 0.5) is 4.39 Å². The predicted octanol–water partition coefficient (Wildman–Crippen LogP) is 4.64. The SMILES string of the molecule is COc1ccc(CNC(=O)c2cc(-c3ncccc3COC(=O)C(N)C(C)C)ccc2OCC2CC2)cc1F. The second-order valence-electron chi connectivity index (χ2n) is 10.0. The summed E-state index contributed by atoms with van der Waals surface area (Å²) in [5.74, 6) is -0.323. The summed E-state index contributed by atoms with van der Waals surface area (Å²) in [6.45, 7) is 4.35. The van der Waals surface area contributed by atoms with E-state index in [-0.39, 0.29) is 30.7 Å². The van der Waals surface area contributed by atoms with Gasteiger partial charge in [-0.25, -0.2) is 4.39 Å². The molecule has 39 heavy (non-hydrogen) atoms. The van der Waals surface area contributed by atoms with Crippen molar-refractivity contribution in [1.29, 1.82) is 0 Å². The summed E-state index contributed by atoms with van der Waals surface area (Å²) in [6.07, 6.45) is 3.86. The Morgan fingerprint density at radius 2 is 1.90 bits per heavy atom. The Morgan fingerprint density at radius 3 is 2.59 bits per heavy atom. The third-order valence-electron chi connectivity index (χ3n) is 6.59. The molecule has 1 aliphatic carbocycles. The number of hydrogen-bond donors (Lipinski definition) is 2. The van der Waals surface area contributed by atoms with E-state index in [0.29, 0.717) is 46.2 Å². The highest BCUT2D eigenvalue weighted by Crippen LogP contribution is 2.32. The average Bonchev–Trinajstić information content (AvgIpc) is 3.78. The highest BCUT2D eigenvalue weighted by atomic mass is 19.1. The number of nitrogens with two attached hydrogens (primary N) is 1. The van der Waals surface area contributed by atoms with Crippen LogP contribution < -0.4 is 20.5 Å². The minimum absolute atomic E-state index is 0.00702. The van der Waals surface area contributed by atoms with Crippen LogP contribution in [0.1, 0.15) is 48.2 Å². The molecule has 1 fully saturated rings. The standard InChI is InChI=1S/C30H34FN3O5/c1-18(2)27(32)30(36)39-17-22-5-4-12-33-28(22)21-9-11-25(38-16-19-6-7-19)23(14-21)29(35)34-15-20-8-10-26(37-3)24(31)13-20/h4-5,8-14,18-19,27H,6-7,15-17,32H2,1-3H3,(H,34,35). The zero-order valence-electron chi connectivity index (χ0n) is 22.4. The van der Waals surface area contributed by atoms with E-state index in [0.717, 1.165) is 12.8 Å². The molecule has 206 valence electrons. The van der Waals surface area contributed by atoms with Crippen LogP contribution in [0.3, 0.4) is 0 Å². The van der Waals surface area contributed by atoms with Crippen molar-refractivity contribution in [2.75, 3.05) is 13.7 Å². The van der Waals surface area contributed by atoms with Crippen LogP contribution >= 0.6 is 0 Å². The third-order valence-corrected chi connectivity index (χ3v) is 6.59. The van der Waals surface area contributed by atoms with Gasteiger partial charge in [-0.15, -0.1) is 0 Å². The molecule has 0 spiro atoms. The maximum atomic E-state index is 14.1.